The number of hydrogen-bond acceptors (Lipinski definition) is 6. The van der Waals surface area contributed by atoms with Crippen molar-refractivity contribution in [2.24, 2.45) is 0 Å². The van der Waals surface area contributed by atoms with E-state index >= 15 is 0 Å². The highest BCUT2D eigenvalue weighted by Crippen LogP contribution is 2.29. The lowest BCUT2D eigenvalue weighted by Gasteiger charge is -2.29. The van der Waals surface area contributed by atoms with Crippen LogP contribution in [0.5, 0.6) is 0 Å². The molecule has 1 aliphatic carbocycles. The van der Waals surface area contributed by atoms with Gasteiger partial charge in [0.25, 0.3) is 0 Å². The number of rotatable bonds is 9. The molecule has 164 valence electrons. The first-order valence-electron chi connectivity index (χ1n) is 10.4. The standard InChI is InChI=1S/C23H31NO6/c1-14-7-5-8-15(2)21(14)22-24-19(16(3)30-22)12-28-17-9-6-10-18(11-17)29-13-20(27-4)23(25)26/h5,7-8,17-18,20H,6,9-13H2,1-4H3,(H,25,26)/t17-,18+,20?/m0/s1. The predicted molar refractivity (Wildman–Crippen MR) is 111 cm³/mol. The van der Waals surface area contributed by atoms with E-state index < -0.39 is 12.1 Å². The summed E-state index contributed by atoms with van der Waals surface area (Å²) in [6.07, 6.45) is 2.65. The molecule has 30 heavy (non-hydrogen) atoms. The number of methoxy groups -OCH3 is 1. The second-order valence-corrected chi connectivity index (χ2v) is 7.91. The Hall–Kier alpha value is -2.22. The number of carboxylic acids is 1. The Balaban J connectivity index is 1.57. The van der Waals surface area contributed by atoms with Crippen LogP contribution in [-0.4, -0.2) is 48.1 Å². The highest BCUT2D eigenvalue weighted by atomic mass is 16.5. The van der Waals surface area contributed by atoms with Gasteiger partial charge in [-0.2, -0.15) is 0 Å². The Morgan fingerprint density at radius 1 is 1.20 bits per heavy atom. The summed E-state index contributed by atoms with van der Waals surface area (Å²) in [5, 5.41) is 9.06. The Kier molecular flexibility index (Phi) is 7.64. The monoisotopic (exact) mass is 417 g/mol. The van der Waals surface area contributed by atoms with Crippen molar-refractivity contribution in [3.63, 3.8) is 0 Å². The SMILES string of the molecule is COC(CO[C@@H]1CCC[C@H](OCc2nc(-c3c(C)cccc3C)oc2C)C1)C(=O)O. The molecule has 0 aliphatic heterocycles. The summed E-state index contributed by atoms with van der Waals surface area (Å²) in [4.78, 5) is 15.8. The molecular formula is C23H31NO6. The molecule has 7 nitrogen and oxygen atoms in total. The van der Waals surface area contributed by atoms with Gasteiger partial charge in [0.15, 0.2) is 6.10 Å². The zero-order chi connectivity index (χ0) is 21.7. The molecule has 1 unspecified atom stereocenters. The van der Waals surface area contributed by atoms with Crippen LogP contribution in [0.25, 0.3) is 11.5 Å². The summed E-state index contributed by atoms with van der Waals surface area (Å²) >= 11 is 0. The first-order valence-corrected chi connectivity index (χ1v) is 10.4. The van der Waals surface area contributed by atoms with E-state index in [2.05, 4.69) is 26.0 Å². The van der Waals surface area contributed by atoms with Crippen LogP contribution in [0.2, 0.25) is 0 Å². The van der Waals surface area contributed by atoms with Crippen molar-refractivity contribution < 1.29 is 28.5 Å². The molecule has 1 aliphatic rings. The molecule has 1 aromatic carbocycles. The summed E-state index contributed by atoms with van der Waals surface area (Å²) in [7, 11) is 1.38. The molecule has 0 radical (unpaired) electrons. The van der Waals surface area contributed by atoms with Crippen LogP contribution in [0.1, 0.15) is 48.3 Å². The normalized spacial score (nSPS) is 20.3. The topological polar surface area (TPSA) is 91.0 Å². The van der Waals surface area contributed by atoms with E-state index in [4.69, 9.17) is 28.7 Å². The Labute approximate surface area is 177 Å². The van der Waals surface area contributed by atoms with Crippen molar-refractivity contribution in [2.75, 3.05) is 13.7 Å². The molecule has 1 N–H and O–H groups in total. The number of aliphatic carboxylic acids is 1. The van der Waals surface area contributed by atoms with Gasteiger partial charge in [-0.25, -0.2) is 9.78 Å². The van der Waals surface area contributed by atoms with Gasteiger partial charge in [-0.3, -0.25) is 0 Å². The molecule has 1 aromatic heterocycles. The molecule has 1 fully saturated rings. The van der Waals surface area contributed by atoms with Gasteiger partial charge >= 0.3 is 5.97 Å². The largest absolute Gasteiger partial charge is 0.479 e. The lowest BCUT2D eigenvalue weighted by molar-refractivity contribution is -0.155. The van der Waals surface area contributed by atoms with Crippen LogP contribution in [0, 0.1) is 20.8 Å². The van der Waals surface area contributed by atoms with Crippen LogP contribution >= 0.6 is 0 Å². The highest BCUT2D eigenvalue weighted by Gasteiger charge is 2.26. The quantitative estimate of drug-likeness (QED) is 0.653. The number of carbonyl (C=O) groups is 1. The Bertz CT molecular complexity index is 841. The second-order valence-electron chi connectivity index (χ2n) is 7.91. The number of oxazole rings is 1. The van der Waals surface area contributed by atoms with Gasteiger partial charge < -0.3 is 23.7 Å². The van der Waals surface area contributed by atoms with Crippen LogP contribution in [0.3, 0.4) is 0 Å². The van der Waals surface area contributed by atoms with Gasteiger partial charge in [0.1, 0.15) is 11.5 Å². The van der Waals surface area contributed by atoms with Gasteiger partial charge in [-0.15, -0.1) is 0 Å². The average Bonchev–Trinajstić information content (AvgIpc) is 3.07. The molecule has 0 spiro atoms. The highest BCUT2D eigenvalue weighted by molar-refractivity contribution is 5.72. The zero-order valence-electron chi connectivity index (χ0n) is 18.1. The Morgan fingerprint density at radius 2 is 1.87 bits per heavy atom. The number of hydrogen-bond donors (Lipinski definition) is 1. The number of aryl methyl sites for hydroxylation is 3. The fourth-order valence-electron chi connectivity index (χ4n) is 3.89. The van der Waals surface area contributed by atoms with Crippen LogP contribution in [0.15, 0.2) is 22.6 Å². The first kappa shape index (κ1) is 22.5. The van der Waals surface area contributed by atoms with E-state index in [1.165, 1.54) is 7.11 Å². The first-order chi connectivity index (χ1) is 14.4. The lowest BCUT2D eigenvalue weighted by Crippen LogP contribution is -2.34. The maximum absolute atomic E-state index is 11.1. The van der Waals surface area contributed by atoms with Crippen molar-refractivity contribution in [3.8, 4) is 11.5 Å². The lowest BCUT2D eigenvalue weighted by atomic mass is 9.95. The van der Waals surface area contributed by atoms with Crippen LogP contribution in [-0.2, 0) is 25.6 Å². The second kappa shape index (κ2) is 10.2. The molecule has 0 amide bonds. The van der Waals surface area contributed by atoms with Crippen LogP contribution < -0.4 is 0 Å². The van der Waals surface area contributed by atoms with E-state index in [1.807, 2.05) is 13.0 Å². The minimum absolute atomic E-state index is 0.0238. The number of aromatic nitrogens is 1. The molecular weight excluding hydrogens is 386 g/mol. The van der Waals surface area contributed by atoms with Gasteiger partial charge in [0, 0.05) is 12.7 Å². The summed E-state index contributed by atoms with van der Waals surface area (Å²) < 4.78 is 22.8. The minimum Gasteiger partial charge on any atom is -0.479 e. The Morgan fingerprint density at radius 3 is 2.50 bits per heavy atom. The molecule has 0 bridgehead atoms. The minimum atomic E-state index is -1.01. The zero-order valence-corrected chi connectivity index (χ0v) is 18.1. The van der Waals surface area contributed by atoms with Gasteiger partial charge in [0.05, 0.1) is 25.4 Å². The third-order valence-electron chi connectivity index (χ3n) is 5.66. The maximum Gasteiger partial charge on any atom is 0.335 e. The number of ether oxygens (including phenoxy) is 3. The van der Waals surface area contributed by atoms with Gasteiger partial charge in [-0.1, -0.05) is 18.2 Å². The van der Waals surface area contributed by atoms with Crippen LogP contribution in [0.4, 0.5) is 0 Å². The van der Waals surface area contributed by atoms with E-state index in [1.54, 1.807) is 0 Å². The number of carboxylic acid groups (broad SMARTS) is 1. The molecule has 3 rings (SSSR count). The predicted octanol–water partition coefficient (Wildman–Crippen LogP) is 4.21. The summed E-state index contributed by atoms with van der Waals surface area (Å²) in [5.74, 6) is 0.383. The van der Waals surface area contributed by atoms with Crippen molar-refractivity contribution >= 4 is 5.97 Å². The van der Waals surface area contributed by atoms with Crippen molar-refractivity contribution in [1.29, 1.82) is 0 Å². The third kappa shape index (κ3) is 5.47. The van der Waals surface area contributed by atoms with E-state index in [0.717, 1.165) is 53.8 Å². The third-order valence-corrected chi connectivity index (χ3v) is 5.66. The maximum atomic E-state index is 11.1. The number of nitrogens with zero attached hydrogens (tertiary/aromatic N) is 1. The van der Waals surface area contributed by atoms with E-state index in [0.29, 0.717) is 12.5 Å². The molecule has 2 aromatic rings. The van der Waals surface area contributed by atoms with Crippen molar-refractivity contribution in [3.05, 3.63) is 40.8 Å². The van der Waals surface area contributed by atoms with Gasteiger partial charge in [-0.05, 0) is 57.6 Å². The summed E-state index contributed by atoms with van der Waals surface area (Å²) in [6, 6.07) is 6.14. The molecule has 7 heteroatoms. The van der Waals surface area contributed by atoms with E-state index in [9.17, 15) is 4.79 Å². The fourth-order valence-corrected chi connectivity index (χ4v) is 3.89. The van der Waals surface area contributed by atoms with Gasteiger partial charge in [0.2, 0.25) is 5.89 Å². The van der Waals surface area contributed by atoms with Crippen molar-refractivity contribution in [1.82, 2.24) is 4.98 Å². The molecule has 0 saturated heterocycles. The average molecular weight is 418 g/mol. The molecule has 1 saturated carbocycles. The smallest absolute Gasteiger partial charge is 0.335 e. The molecule has 3 atom stereocenters. The number of benzene rings is 1. The van der Waals surface area contributed by atoms with Crippen molar-refractivity contribution in [2.45, 2.75) is 71.4 Å². The fraction of sp³-hybridized carbons (Fsp3) is 0.565. The molecule has 1 heterocycles. The van der Waals surface area contributed by atoms with E-state index in [-0.39, 0.29) is 18.8 Å². The summed E-state index contributed by atoms with van der Waals surface area (Å²) in [5.41, 5.74) is 4.10. The summed E-state index contributed by atoms with van der Waals surface area (Å²) in [6.45, 7) is 6.45.